The van der Waals surface area contributed by atoms with Crippen molar-refractivity contribution in [3.63, 3.8) is 0 Å². The number of anilines is 2. The van der Waals surface area contributed by atoms with Gasteiger partial charge >= 0.3 is 0 Å². The van der Waals surface area contributed by atoms with Crippen molar-refractivity contribution in [3.8, 4) is 0 Å². The van der Waals surface area contributed by atoms with Crippen molar-refractivity contribution in [2.24, 2.45) is 0 Å². The molecule has 3 nitrogen and oxygen atoms in total. The van der Waals surface area contributed by atoms with Crippen LogP contribution in [0.2, 0.25) is 0 Å². The van der Waals surface area contributed by atoms with Crippen molar-refractivity contribution >= 4 is 17.3 Å². The van der Waals surface area contributed by atoms with Crippen LogP contribution in [0.25, 0.3) is 0 Å². The standard InChI is InChI=1S/C15H14F2N2O/c1-19(2)14-6-4-3-5-13(14)18-15(20)11-8-7-10(16)9-12(11)17/h3-9H,1-2H3,(H,18,20). The molecule has 5 heteroatoms. The highest BCUT2D eigenvalue weighted by Gasteiger charge is 2.14. The number of nitrogens with zero attached hydrogens (tertiary/aromatic N) is 1. The Kier molecular flexibility index (Phi) is 3.98. The van der Waals surface area contributed by atoms with Crippen LogP contribution in [0.1, 0.15) is 10.4 Å². The largest absolute Gasteiger partial charge is 0.376 e. The zero-order chi connectivity index (χ0) is 14.7. The summed E-state index contributed by atoms with van der Waals surface area (Å²) in [5.41, 5.74) is 1.16. The van der Waals surface area contributed by atoms with Gasteiger partial charge in [-0.25, -0.2) is 8.78 Å². The van der Waals surface area contributed by atoms with Crippen LogP contribution in [0.3, 0.4) is 0 Å². The Morgan fingerprint density at radius 1 is 1.10 bits per heavy atom. The van der Waals surface area contributed by atoms with Gasteiger partial charge < -0.3 is 10.2 Å². The summed E-state index contributed by atoms with van der Waals surface area (Å²) in [4.78, 5) is 13.9. The van der Waals surface area contributed by atoms with Crippen molar-refractivity contribution < 1.29 is 13.6 Å². The molecule has 0 aliphatic heterocycles. The molecule has 0 atom stereocenters. The molecule has 2 aromatic carbocycles. The summed E-state index contributed by atoms with van der Waals surface area (Å²) in [6, 6.07) is 10.0. The lowest BCUT2D eigenvalue weighted by Gasteiger charge is -2.17. The van der Waals surface area contributed by atoms with Gasteiger partial charge in [-0.3, -0.25) is 4.79 Å². The molecule has 0 saturated heterocycles. The second-order valence-electron chi connectivity index (χ2n) is 4.49. The summed E-state index contributed by atoms with van der Waals surface area (Å²) in [7, 11) is 3.67. The highest BCUT2D eigenvalue weighted by Crippen LogP contribution is 2.24. The zero-order valence-corrected chi connectivity index (χ0v) is 11.2. The highest BCUT2D eigenvalue weighted by atomic mass is 19.1. The number of carbonyl (C=O) groups excluding carboxylic acids is 1. The lowest BCUT2D eigenvalue weighted by atomic mass is 10.1. The lowest BCUT2D eigenvalue weighted by Crippen LogP contribution is -2.17. The molecule has 0 bridgehead atoms. The summed E-state index contributed by atoms with van der Waals surface area (Å²) >= 11 is 0. The molecule has 0 spiro atoms. The molecule has 0 aromatic heterocycles. The maximum Gasteiger partial charge on any atom is 0.258 e. The molecule has 0 fully saturated rings. The van der Waals surface area contributed by atoms with Gasteiger partial charge in [-0.15, -0.1) is 0 Å². The van der Waals surface area contributed by atoms with Crippen molar-refractivity contribution in [1.82, 2.24) is 0 Å². The summed E-state index contributed by atoms with van der Waals surface area (Å²) in [6.07, 6.45) is 0. The molecule has 0 radical (unpaired) electrons. The number of amides is 1. The fourth-order valence-electron chi connectivity index (χ4n) is 1.83. The predicted octanol–water partition coefficient (Wildman–Crippen LogP) is 3.28. The Morgan fingerprint density at radius 3 is 2.45 bits per heavy atom. The number of hydrogen-bond donors (Lipinski definition) is 1. The van der Waals surface area contributed by atoms with Crippen molar-refractivity contribution in [2.45, 2.75) is 0 Å². The molecule has 2 rings (SSSR count). The molecule has 2 aromatic rings. The topological polar surface area (TPSA) is 32.3 Å². The van der Waals surface area contributed by atoms with Gasteiger partial charge in [0.1, 0.15) is 11.6 Å². The van der Waals surface area contributed by atoms with Gasteiger partial charge in [0.25, 0.3) is 5.91 Å². The summed E-state index contributed by atoms with van der Waals surface area (Å²) in [5.74, 6) is -2.21. The Balaban J connectivity index is 2.28. The maximum atomic E-state index is 13.6. The molecule has 20 heavy (non-hydrogen) atoms. The van der Waals surface area contributed by atoms with E-state index < -0.39 is 17.5 Å². The van der Waals surface area contributed by atoms with E-state index >= 15 is 0 Å². The number of halogens is 2. The quantitative estimate of drug-likeness (QED) is 0.933. The smallest absolute Gasteiger partial charge is 0.258 e. The Morgan fingerprint density at radius 2 is 1.80 bits per heavy atom. The van der Waals surface area contributed by atoms with E-state index in [4.69, 9.17) is 0 Å². The van der Waals surface area contributed by atoms with Gasteiger partial charge in [-0.05, 0) is 24.3 Å². The third-order valence-corrected chi connectivity index (χ3v) is 2.81. The van der Waals surface area contributed by atoms with Gasteiger partial charge in [0.05, 0.1) is 16.9 Å². The van der Waals surface area contributed by atoms with Gasteiger partial charge in [0, 0.05) is 20.2 Å². The van der Waals surface area contributed by atoms with E-state index in [2.05, 4.69) is 5.32 Å². The second kappa shape index (κ2) is 5.69. The van der Waals surface area contributed by atoms with Crippen molar-refractivity contribution in [2.75, 3.05) is 24.3 Å². The van der Waals surface area contributed by atoms with Crippen LogP contribution in [0.5, 0.6) is 0 Å². The van der Waals surface area contributed by atoms with Crippen LogP contribution in [-0.2, 0) is 0 Å². The molecule has 0 aliphatic carbocycles. The minimum atomic E-state index is -0.884. The van der Waals surface area contributed by atoms with E-state index in [1.165, 1.54) is 0 Å². The molecule has 0 heterocycles. The van der Waals surface area contributed by atoms with Crippen molar-refractivity contribution in [1.29, 1.82) is 0 Å². The first-order valence-electron chi connectivity index (χ1n) is 6.02. The lowest BCUT2D eigenvalue weighted by molar-refractivity contribution is 0.102. The van der Waals surface area contributed by atoms with Gasteiger partial charge in [0.2, 0.25) is 0 Å². The van der Waals surface area contributed by atoms with Crippen LogP contribution >= 0.6 is 0 Å². The molecule has 0 aliphatic rings. The van der Waals surface area contributed by atoms with Crippen LogP contribution in [0, 0.1) is 11.6 Å². The Labute approximate surface area is 115 Å². The molecule has 1 N–H and O–H groups in total. The van der Waals surface area contributed by atoms with E-state index in [1.54, 1.807) is 12.1 Å². The van der Waals surface area contributed by atoms with Gasteiger partial charge in [0.15, 0.2) is 0 Å². The summed E-state index contributed by atoms with van der Waals surface area (Å²) in [6.45, 7) is 0. The Bertz CT molecular complexity index is 642. The number of hydrogen-bond acceptors (Lipinski definition) is 2. The third kappa shape index (κ3) is 2.93. The van der Waals surface area contributed by atoms with E-state index in [0.717, 1.165) is 17.8 Å². The monoisotopic (exact) mass is 276 g/mol. The first-order chi connectivity index (χ1) is 9.49. The van der Waals surface area contributed by atoms with Crippen LogP contribution in [-0.4, -0.2) is 20.0 Å². The first kappa shape index (κ1) is 14.0. The predicted molar refractivity (Wildman–Crippen MR) is 75.1 cm³/mol. The molecule has 0 unspecified atom stereocenters. The minimum Gasteiger partial charge on any atom is -0.376 e. The minimum absolute atomic E-state index is 0.194. The van der Waals surface area contributed by atoms with Crippen molar-refractivity contribution in [3.05, 3.63) is 59.7 Å². The van der Waals surface area contributed by atoms with E-state index in [9.17, 15) is 13.6 Å². The normalized spacial score (nSPS) is 10.2. The molecule has 104 valence electrons. The fraction of sp³-hybridized carbons (Fsp3) is 0.133. The summed E-state index contributed by atoms with van der Waals surface area (Å²) in [5, 5.41) is 2.63. The van der Waals surface area contributed by atoms with Crippen LogP contribution in [0.4, 0.5) is 20.2 Å². The average Bonchev–Trinajstić information content (AvgIpc) is 2.38. The van der Waals surface area contributed by atoms with E-state index in [1.807, 2.05) is 31.1 Å². The van der Waals surface area contributed by atoms with Crippen LogP contribution in [0.15, 0.2) is 42.5 Å². The highest BCUT2D eigenvalue weighted by molar-refractivity contribution is 6.06. The molecular weight excluding hydrogens is 262 g/mol. The van der Waals surface area contributed by atoms with Crippen LogP contribution < -0.4 is 10.2 Å². The number of rotatable bonds is 3. The third-order valence-electron chi connectivity index (χ3n) is 2.81. The number of para-hydroxylation sites is 2. The molecule has 1 amide bonds. The zero-order valence-electron chi connectivity index (χ0n) is 11.2. The SMILES string of the molecule is CN(C)c1ccccc1NC(=O)c1ccc(F)cc1F. The van der Waals surface area contributed by atoms with Gasteiger partial charge in [-0.1, -0.05) is 12.1 Å². The first-order valence-corrected chi connectivity index (χ1v) is 6.02. The number of benzene rings is 2. The molecule has 0 saturated carbocycles. The molecular formula is C15H14F2N2O. The Hall–Kier alpha value is -2.43. The average molecular weight is 276 g/mol. The van der Waals surface area contributed by atoms with E-state index in [0.29, 0.717) is 11.8 Å². The maximum absolute atomic E-state index is 13.6. The fourth-order valence-corrected chi connectivity index (χ4v) is 1.83. The number of carbonyl (C=O) groups is 1. The summed E-state index contributed by atoms with van der Waals surface area (Å²) < 4.78 is 26.4. The number of nitrogens with one attached hydrogen (secondary N) is 1. The second-order valence-corrected chi connectivity index (χ2v) is 4.49. The van der Waals surface area contributed by atoms with Gasteiger partial charge in [-0.2, -0.15) is 0 Å². The van der Waals surface area contributed by atoms with E-state index in [-0.39, 0.29) is 5.56 Å².